The van der Waals surface area contributed by atoms with Gasteiger partial charge in [0.2, 0.25) is 11.6 Å². The molecule has 6 aromatic rings. The lowest BCUT2D eigenvalue weighted by Crippen LogP contribution is -2.40. The van der Waals surface area contributed by atoms with Gasteiger partial charge in [-0.15, -0.1) is 0 Å². The van der Waals surface area contributed by atoms with E-state index in [2.05, 4.69) is 47.6 Å². The highest BCUT2D eigenvalue weighted by atomic mass is 31.3. The summed E-state index contributed by atoms with van der Waals surface area (Å²) in [7, 11) is -24.6. The van der Waals surface area contributed by atoms with Gasteiger partial charge in [-0.1, -0.05) is 0 Å². The smallest absolute Gasteiger partial charge is 0.488 e. The molecule has 2 aliphatic heterocycles. The lowest BCUT2D eigenvalue weighted by atomic mass is 10.1. The van der Waals surface area contributed by atoms with Gasteiger partial charge in [-0.25, -0.2) is 33.4 Å². The van der Waals surface area contributed by atoms with Crippen LogP contribution in [0.2, 0.25) is 0 Å². The Kier molecular flexibility index (Phi) is 10.1. The molecule has 29 nitrogen and oxygen atoms in total. The lowest BCUT2D eigenvalue weighted by Gasteiger charge is -2.32. The molecule has 8 N–H and O–H groups in total. The minimum absolute atomic E-state index is 0.177. The fraction of sp³-hybridized carbons (Fsp3) is 0.417. The van der Waals surface area contributed by atoms with Crippen molar-refractivity contribution in [2.75, 3.05) is 6.61 Å². The van der Waals surface area contributed by atoms with Crippen molar-refractivity contribution in [1.82, 2.24) is 47.8 Å². The van der Waals surface area contributed by atoms with E-state index in [1.54, 1.807) is 10.6 Å². The topological polar surface area (TPSA) is 405 Å². The quantitative estimate of drug-likeness (QED) is 0.0563. The van der Waals surface area contributed by atoms with E-state index in [9.17, 15) is 63.2 Å². The number of phosphoric ester groups is 2. The van der Waals surface area contributed by atoms with Crippen LogP contribution >= 0.6 is 31.1 Å². The first-order valence-electron chi connectivity index (χ1n) is 15.8. The highest BCUT2D eigenvalue weighted by Crippen LogP contribution is 2.70. The Morgan fingerprint density at radius 2 is 1.25 bits per heavy atom. The van der Waals surface area contributed by atoms with Crippen LogP contribution < -0.4 is 4.89 Å². The summed E-state index contributed by atoms with van der Waals surface area (Å²) < 4.78 is 84.2. The normalized spacial score (nSPS) is 30.5. The summed E-state index contributed by atoms with van der Waals surface area (Å²) in [6, 6.07) is 0. The van der Waals surface area contributed by atoms with Crippen molar-refractivity contribution in [3.63, 3.8) is 0 Å². The minimum atomic E-state index is -6.34. The first-order chi connectivity index (χ1) is 26.7. The third kappa shape index (κ3) is 7.74. The van der Waals surface area contributed by atoms with Crippen molar-refractivity contribution in [1.29, 1.82) is 0 Å². The molecule has 0 saturated carbocycles. The number of aromatic nitrogens is 10. The van der Waals surface area contributed by atoms with E-state index < -0.39 is 92.6 Å². The summed E-state index contributed by atoms with van der Waals surface area (Å²) in [4.78, 5) is 77.0. The van der Waals surface area contributed by atoms with Crippen molar-refractivity contribution in [2.45, 2.75) is 54.9 Å². The summed E-state index contributed by atoms with van der Waals surface area (Å²) in [6.45, 7) is -1.12. The van der Waals surface area contributed by atoms with Gasteiger partial charge in [-0.2, -0.15) is 14.3 Å². The minimum Gasteiger partial charge on any atom is -0.756 e. The maximum Gasteiger partial charge on any atom is 0.488 e. The summed E-state index contributed by atoms with van der Waals surface area (Å²) in [5, 5.41) is 42.8. The van der Waals surface area contributed by atoms with E-state index >= 15 is 0 Å². The van der Waals surface area contributed by atoms with Crippen molar-refractivity contribution < 1.29 is 90.3 Å². The second kappa shape index (κ2) is 14.4. The van der Waals surface area contributed by atoms with Gasteiger partial charge in [0.25, 0.3) is 7.82 Å². The highest BCUT2D eigenvalue weighted by molar-refractivity contribution is 7.68. The van der Waals surface area contributed by atoms with Crippen LogP contribution in [0.5, 0.6) is 0 Å². The van der Waals surface area contributed by atoms with Crippen molar-refractivity contribution >= 4 is 64.9 Å². The van der Waals surface area contributed by atoms with Gasteiger partial charge in [0.05, 0.1) is 19.3 Å². The molecule has 8 rings (SSSR count). The van der Waals surface area contributed by atoms with E-state index in [-0.39, 0.29) is 17.1 Å². The standard InChI is InChI=1S/C24H28N10O19P4/c35-13-12(49-20(15(13)37)31-5-10-18(27-8-31)29-23-25-1-3-33(10)23)7-48-56(44,45)53-57(46,47)52-54(39,40)22(51-55(41,42)43)17-14(36)16(38)21(50-17)32-6-11-19(28-9-32)30-24-26-2-4-34(11)24/h1-6,8-9,12-17,20-22,35-38H,7H2,(H,39,40)(H,44,45)(H,46,47)(H2,41,42,43)/p-1/t12-,13-,14+,15-,16-,17-,20?,21?,22?/m1/s1. The largest absolute Gasteiger partial charge is 0.756 e. The highest BCUT2D eigenvalue weighted by Gasteiger charge is 2.57. The Hall–Kier alpha value is -3.50. The Balaban J connectivity index is 0.949. The van der Waals surface area contributed by atoms with Gasteiger partial charge in [0.15, 0.2) is 29.6 Å². The Morgan fingerprint density at radius 3 is 1.79 bits per heavy atom. The molecule has 57 heavy (non-hydrogen) atoms. The van der Waals surface area contributed by atoms with Crippen LogP contribution in [0.1, 0.15) is 12.5 Å². The predicted octanol–water partition coefficient (Wildman–Crippen LogP) is -2.35. The average Bonchev–Trinajstić information content (AvgIpc) is 3.96. The Labute approximate surface area is 314 Å². The summed E-state index contributed by atoms with van der Waals surface area (Å²) in [6.07, 6.45) is -4.11. The molecule has 0 aliphatic carbocycles. The first-order valence-corrected chi connectivity index (χ1v) is 22.0. The number of aliphatic hydroxyl groups excluding tert-OH is 4. The van der Waals surface area contributed by atoms with Crippen molar-refractivity contribution in [3.05, 3.63) is 49.8 Å². The van der Waals surface area contributed by atoms with Crippen LogP contribution in [0.4, 0.5) is 0 Å². The van der Waals surface area contributed by atoms with Gasteiger partial charge in [0.1, 0.15) is 47.7 Å². The second-order valence-corrected chi connectivity index (χ2v) is 18.6. The van der Waals surface area contributed by atoms with E-state index in [0.29, 0.717) is 16.8 Å². The summed E-state index contributed by atoms with van der Waals surface area (Å²) in [5.41, 5.74) is 1.18. The van der Waals surface area contributed by atoms with Gasteiger partial charge in [-0.05, 0) is 0 Å². The van der Waals surface area contributed by atoms with Crippen molar-refractivity contribution in [3.8, 4) is 0 Å². The molecule has 2 aliphatic rings. The second-order valence-electron chi connectivity index (χ2n) is 12.4. The van der Waals surface area contributed by atoms with Gasteiger partial charge in [0, 0.05) is 37.2 Å². The molecule has 33 heteroatoms. The molecule has 6 aromatic heterocycles. The third-order valence-electron chi connectivity index (χ3n) is 8.67. The molecule has 0 aromatic carbocycles. The fourth-order valence-corrected chi connectivity index (χ4v) is 11.6. The average molecular weight is 883 g/mol. The third-order valence-corrected chi connectivity index (χ3v) is 14.3. The van der Waals surface area contributed by atoms with Gasteiger partial charge in [-0.3, -0.25) is 27.0 Å². The predicted molar refractivity (Wildman–Crippen MR) is 177 cm³/mol. The lowest BCUT2D eigenvalue weighted by molar-refractivity contribution is -0.226. The van der Waals surface area contributed by atoms with E-state index in [4.69, 9.17) is 9.47 Å². The molecule has 7 unspecified atom stereocenters. The molecule has 308 valence electrons. The zero-order valence-electron chi connectivity index (χ0n) is 27.9. The first kappa shape index (κ1) is 40.3. The molecule has 0 radical (unpaired) electrons. The van der Waals surface area contributed by atoms with Crippen LogP contribution in [0.25, 0.3) is 33.9 Å². The summed E-state index contributed by atoms with van der Waals surface area (Å²) in [5.74, 6) is -2.59. The molecule has 2 fully saturated rings. The number of phosphoric acid groups is 3. The van der Waals surface area contributed by atoms with Crippen LogP contribution in [-0.4, -0.2) is 137 Å². The number of hydrogen-bond acceptors (Lipinski definition) is 21. The Bertz CT molecular complexity index is 2680. The van der Waals surface area contributed by atoms with Crippen LogP contribution in [0.15, 0.2) is 49.8 Å². The Morgan fingerprint density at radius 1 is 0.719 bits per heavy atom. The molecule has 0 bridgehead atoms. The van der Waals surface area contributed by atoms with Crippen LogP contribution in [-0.2, 0) is 45.4 Å². The SMILES string of the molecule is O=P([O-])(O)OC([C@@H]1OC(n2cnc3nc4nccn4c3c2)[C@H](O)[C@@H]1O)P(=O)(O)OP(=O)(O)OP(=O)(O)OC[C@H]1OC(n2cnc3nc4nccn4c3c2)[C@H](O)[C@@H]1O. The zero-order valence-corrected chi connectivity index (χ0v) is 31.4. The van der Waals surface area contributed by atoms with Gasteiger partial charge < -0.3 is 63.5 Å². The van der Waals surface area contributed by atoms with Crippen LogP contribution in [0, 0.1) is 0 Å². The maximum atomic E-state index is 13.4. The molecule has 13 atom stereocenters. The van der Waals surface area contributed by atoms with Crippen LogP contribution in [0.3, 0.4) is 0 Å². The molecule has 0 spiro atoms. The van der Waals surface area contributed by atoms with E-state index in [0.717, 1.165) is 10.9 Å². The number of imidazole rings is 4. The van der Waals surface area contributed by atoms with Gasteiger partial charge >= 0.3 is 23.2 Å². The molecule has 0 amide bonds. The number of hydrogen-bond donors (Lipinski definition) is 8. The number of ether oxygens (including phenoxy) is 2. The molecular formula is C24H27N10O19P4-. The number of rotatable bonds is 13. The molecule has 2 saturated heterocycles. The number of fused-ring (bicyclic) bond motifs is 6. The van der Waals surface area contributed by atoms with E-state index in [1.807, 2.05) is 0 Å². The van der Waals surface area contributed by atoms with E-state index in [1.165, 1.54) is 46.3 Å². The summed E-state index contributed by atoms with van der Waals surface area (Å²) >= 11 is 0. The number of aliphatic hydroxyl groups is 4. The molecule has 8 heterocycles. The monoisotopic (exact) mass is 883 g/mol. The number of nitrogens with zero attached hydrogens (tertiary/aromatic N) is 10. The van der Waals surface area contributed by atoms with Crippen molar-refractivity contribution in [2.24, 2.45) is 0 Å². The zero-order chi connectivity index (χ0) is 40.8. The molecular weight excluding hydrogens is 856 g/mol. The fourth-order valence-electron chi connectivity index (χ4n) is 6.21. The maximum absolute atomic E-state index is 13.4.